The zero-order chi connectivity index (χ0) is 17.7. The Bertz CT molecular complexity index is 739. The van der Waals surface area contributed by atoms with Crippen molar-refractivity contribution in [1.29, 1.82) is 0 Å². The first-order chi connectivity index (χ1) is 11.3. The maximum Gasteiger partial charge on any atom is 0.354 e. The fourth-order valence-corrected chi connectivity index (χ4v) is 2.22. The first-order valence-corrected chi connectivity index (χ1v) is 7.46. The molecule has 6 heteroatoms. The van der Waals surface area contributed by atoms with Crippen molar-refractivity contribution in [3.05, 3.63) is 59.4 Å². The van der Waals surface area contributed by atoms with Crippen LogP contribution in [0.4, 0.5) is 0 Å². The minimum Gasteiger partial charge on any atom is -0.497 e. The topological polar surface area (TPSA) is 88.5 Å². The van der Waals surface area contributed by atoms with Gasteiger partial charge in [0, 0.05) is 12.0 Å². The summed E-state index contributed by atoms with van der Waals surface area (Å²) >= 11 is 0. The van der Waals surface area contributed by atoms with Crippen LogP contribution in [0, 0.1) is 0 Å². The minimum atomic E-state index is -1.16. The van der Waals surface area contributed by atoms with E-state index in [2.05, 4.69) is 10.3 Å². The molecule has 0 bridgehead atoms. The molecule has 0 aliphatic rings. The zero-order valence-corrected chi connectivity index (χ0v) is 13.9. The summed E-state index contributed by atoms with van der Waals surface area (Å²) in [4.78, 5) is 27.0. The summed E-state index contributed by atoms with van der Waals surface area (Å²) in [5.74, 6) is -0.795. The van der Waals surface area contributed by atoms with Crippen molar-refractivity contribution < 1.29 is 19.4 Å². The van der Waals surface area contributed by atoms with Crippen LogP contribution in [0.5, 0.6) is 5.75 Å². The quantitative estimate of drug-likeness (QED) is 0.850. The van der Waals surface area contributed by atoms with Crippen molar-refractivity contribution in [2.45, 2.75) is 19.3 Å². The number of pyridine rings is 1. The summed E-state index contributed by atoms with van der Waals surface area (Å²) in [5.41, 5.74) is 0.681. The highest BCUT2D eigenvalue weighted by Crippen LogP contribution is 2.24. The number of methoxy groups -OCH3 is 1. The van der Waals surface area contributed by atoms with Crippen LogP contribution in [-0.4, -0.2) is 35.6 Å². The van der Waals surface area contributed by atoms with Crippen LogP contribution in [0.3, 0.4) is 0 Å². The van der Waals surface area contributed by atoms with Crippen LogP contribution in [0.15, 0.2) is 42.5 Å². The van der Waals surface area contributed by atoms with Crippen molar-refractivity contribution in [2.75, 3.05) is 13.7 Å². The molecule has 0 saturated carbocycles. The summed E-state index contributed by atoms with van der Waals surface area (Å²) in [7, 11) is 1.61. The number of aromatic carboxylic acids is 1. The Kier molecular flexibility index (Phi) is 5.18. The second-order valence-corrected chi connectivity index (χ2v) is 6.01. The Morgan fingerprint density at radius 2 is 1.75 bits per heavy atom. The van der Waals surface area contributed by atoms with Gasteiger partial charge in [0.15, 0.2) is 0 Å². The van der Waals surface area contributed by atoms with E-state index in [0.29, 0.717) is 6.54 Å². The van der Waals surface area contributed by atoms with E-state index in [1.165, 1.54) is 18.2 Å². The van der Waals surface area contributed by atoms with Gasteiger partial charge in [-0.25, -0.2) is 9.78 Å². The molecule has 0 spiro atoms. The van der Waals surface area contributed by atoms with Crippen LogP contribution in [0.1, 0.15) is 40.4 Å². The van der Waals surface area contributed by atoms with Gasteiger partial charge in [0.25, 0.3) is 5.91 Å². The first-order valence-electron chi connectivity index (χ1n) is 7.46. The Hall–Kier alpha value is -2.89. The Balaban J connectivity index is 2.06. The van der Waals surface area contributed by atoms with Crippen molar-refractivity contribution >= 4 is 11.9 Å². The normalized spacial score (nSPS) is 11.0. The molecule has 0 aliphatic heterocycles. The average molecular weight is 328 g/mol. The number of ether oxygens (including phenoxy) is 1. The van der Waals surface area contributed by atoms with Gasteiger partial charge < -0.3 is 15.2 Å². The molecular formula is C18H20N2O4. The number of benzene rings is 1. The van der Waals surface area contributed by atoms with E-state index in [4.69, 9.17) is 9.84 Å². The molecule has 1 aromatic carbocycles. The molecular weight excluding hydrogens is 308 g/mol. The van der Waals surface area contributed by atoms with Crippen molar-refractivity contribution in [3.63, 3.8) is 0 Å². The molecule has 0 saturated heterocycles. The Labute approximate surface area is 140 Å². The van der Waals surface area contributed by atoms with Gasteiger partial charge in [-0.1, -0.05) is 32.0 Å². The molecule has 126 valence electrons. The predicted molar refractivity (Wildman–Crippen MR) is 89.5 cm³/mol. The maximum atomic E-state index is 12.2. The fraction of sp³-hybridized carbons (Fsp3) is 0.278. The second-order valence-electron chi connectivity index (χ2n) is 6.01. The molecule has 1 heterocycles. The number of rotatable bonds is 6. The molecule has 0 aliphatic carbocycles. The largest absolute Gasteiger partial charge is 0.497 e. The number of hydrogen-bond acceptors (Lipinski definition) is 4. The molecule has 24 heavy (non-hydrogen) atoms. The lowest BCUT2D eigenvalue weighted by Gasteiger charge is -2.25. The second kappa shape index (κ2) is 7.12. The van der Waals surface area contributed by atoms with Crippen LogP contribution in [0.25, 0.3) is 0 Å². The molecule has 6 nitrogen and oxygen atoms in total. The van der Waals surface area contributed by atoms with Gasteiger partial charge in [0.05, 0.1) is 7.11 Å². The van der Waals surface area contributed by atoms with Gasteiger partial charge in [-0.05, 0) is 29.8 Å². The van der Waals surface area contributed by atoms with Gasteiger partial charge in [0.1, 0.15) is 17.1 Å². The van der Waals surface area contributed by atoms with Crippen LogP contribution >= 0.6 is 0 Å². The number of carboxylic acid groups (broad SMARTS) is 1. The molecule has 0 unspecified atom stereocenters. The van der Waals surface area contributed by atoms with Gasteiger partial charge >= 0.3 is 5.97 Å². The number of amides is 1. The molecule has 1 amide bonds. The third kappa shape index (κ3) is 4.10. The number of hydrogen-bond donors (Lipinski definition) is 2. The Morgan fingerprint density at radius 3 is 2.33 bits per heavy atom. The molecule has 0 radical (unpaired) electrons. The van der Waals surface area contributed by atoms with Gasteiger partial charge in [0.2, 0.25) is 0 Å². The highest BCUT2D eigenvalue weighted by atomic mass is 16.5. The number of carbonyl (C=O) groups excluding carboxylic acids is 1. The molecule has 0 atom stereocenters. The third-order valence-corrected chi connectivity index (χ3v) is 3.76. The predicted octanol–water partition coefficient (Wildman–Crippen LogP) is 2.50. The first kappa shape index (κ1) is 17.5. The molecule has 2 aromatic rings. The van der Waals surface area contributed by atoms with E-state index in [-0.39, 0.29) is 16.8 Å². The lowest BCUT2D eigenvalue weighted by Crippen LogP contribution is -2.37. The highest BCUT2D eigenvalue weighted by molar-refractivity contribution is 5.94. The van der Waals surface area contributed by atoms with Crippen molar-refractivity contribution in [2.24, 2.45) is 0 Å². The van der Waals surface area contributed by atoms with E-state index in [9.17, 15) is 9.59 Å². The minimum absolute atomic E-state index is 0.0837. The summed E-state index contributed by atoms with van der Waals surface area (Å²) in [5, 5.41) is 11.7. The number of carboxylic acids is 1. The average Bonchev–Trinajstić information content (AvgIpc) is 2.60. The van der Waals surface area contributed by atoms with Gasteiger partial charge in [-0.2, -0.15) is 0 Å². The molecule has 2 rings (SSSR count). The zero-order valence-electron chi connectivity index (χ0n) is 13.9. The van der Waals surface area contributed by atoms with E-state index >= 15 is 0 Å². The van der Waals surface area contributed by atoms with Crippen molar-refractivity contribution in [1.82, 2.24) is 10.3 Å². The van der Waals surface area contributed by atoms with Gasteiger partial charge in [-0.15, -0.1) is 0 Å². The monoisotopic (exact) mass is 328 g/mol. The third-order valence-electron chi connectivity index (χ3n) is 3.76. The summed E-state index contributed by atoms with van der Waals surface area (Å²) < 4.78 is 5.14. The molecule has 1 aromatic heterocycles. The maximum absolute atomic E-state index is 12.2. The molecule has 0 fully saturated rings. The summed E-state index contributed by atoms with van der Waals surface area (Å²) in [6.07, 6.45) is 0. The van der Waals surface area contributed by atoms with E-state index < -0.39 is 11.9 Å². The summed E-state index contributed by atoms with van der Waals surface area (Å²) in [6.45, 7) is 4.41. The standard InChI is InChI=1S/C18H20N2O4/c1-18(2,12-7-9-13(24-3)10-8-12)11-19-16(21)14-5-4-6-15(20-14)17(22)23/h4-10H,11H2,1-3H3,(H,19,21)(H,22,23). The molecule has 2 N–H and O–H groups in total. The summed E-state index contributed by atoms with van der Waals surface area (Å²) in [6, 6.07) is 12.0. The fourth-order valence-electron chi connectivity index (χ4n) is 2.22. The van der Waals surface area contributed by atoms with E-state index in [1.54, 1.807) is 7.11 Å². The number of nitrogens with one attached hydrogen (secondary N) is 1. The lowest BCUT2D eigenvalue weighted by atomic mass is 9.84. The highest BCUT2D eigenvalue weighted by Gasteiger charge is 2.22. The number of carbonyl (C=O) groups is 2. The van der Waals surface area contributed by atoms with E-state index in [1.807, 2.05) is 38.1 Å². The van der Waals surface area contributed by atoms with Crippen LogP contribution < -0.4 is 10.1 Å². The van der Waals surface area contributed by atoms with Crippen LogP contribution in [0.2, 0.25) is 0 Å². The smallest absolute Gasteiger partial charge is 0.354 e. The SMILES string of the molecule is COc1ccc(C(C)(C)CNC(=O)c2cccc(C(=O)O)n2)cc1. The lowest BCUT2D eigenvalue weighted by molar-refractivity contribution is 0.0690. The number of aromatic nitrogens is 1. The van der Waals surface area contributed by atoms with Gasteiger partial charge in [-0.3, -0.25) is 4.79 Å². The number of nitrogens with zero attached hydrogens (tertiary/aromatic N) is 1. The van der Waals surface area contributed by atoms with Crippen LogP contribution in [-0.2, 0) is 5.41 Å². The Morgan fingerprint density at radius 1 is 1.12 bits per heavy atom. The van der Waals surface area contributed by atoms with E-state index in [0.717, 1.165) is 11.3 Å². The van der Waals surface area contributed by atoms with Crippen molar-refractivity contribution in [3.8, 4) is 5.75 Å².